The Hall–Kier alpha value is -0.420. The van der Waals surface area contributed by atoms with Crippen molar-refractivity contribution >= 4 is 41.7 Å². The van der Waals surface area contributed by atoms with E-state index in [-0.39, 0.29) is 18.3 Å². The maximum absolute atomic E-state index is 12.7. The molecule has 2 atom stereocenters. The van der Waals surface area contributed by atoms with Gasteiger partial charge in [0.2, 0.25) is 0 Å². The van der Waals surface area contributed by atoms with Gasteiger partial charge in [0.25, 0.3) is 5.91 Å². The number of carbonyl (C=O) groups excluding carboxylic acids is 1. The quantitative estimate of drug-likeness (QED) is 0.833. The Morgan fingerprint density at radius 3 is 3.00 bits per heavy atom. The Labute approximate surface area is 141 Å². The minimum atomic E-state index is 0. The van der Waals surface area contributed by atoms with Gasteiger partial charge < -0.3 is 10.2 Å². The normalized spacial score (nSPS) is 24.4. The Morgan fingerprint density at radius 1 is 1.43 bits per heavy atom. The van der Waals surface area contributed by atoms with Crippen LogP contribution < -0.4 is 5.32 Å². The van der Waals surface area contributed by atoms with Crippen LogP contribution in [-0.2, 0) is 0 Å². The number of hydrogen-bond acceptors (Lipinski definition) is 3. The van der Waals surface area contributed by atoms with Crippen LogP contribution in [0.15, 0.2) is 23.1 Å². The number of nitrogens with zero attached hydrogens (tertiary/aromatic N) is 1. The second kappa shape index (κ2) is 7.23. The van der Waals surface area contributed by atoms with Gasteiger partial charge in [0, 0.05) is 24.0 Å². The zero-order valence-electron chi connectivity index (χ0n) is 12.0. The van der Waals surface area contributed by atoms with Gasteiger partial charge in [-0.25, -0.2) is 0 Å². The average molecular weight is 347 g/mol. The lowest BCUT2D eigenvalue weighted by atomic mass is 9.93. The van der Waals surface area contributed by atoms with Crippen molar-refractivity contribution in [3.05, 3.63) is 28.8 Å². The number of thioether (sulfide) groups is 1. The van der Waals surface area contributed by atoms with E-state index >= 15 is 0 Å². The smallest absolute Gasteiger partial charge is 0.255 e. The molecule has 1 aromatic carbocycles. The molecule has 1 aromatic rings. The molecule has 2 aliphatic rings. The highest BCUT2D eigenvalue weighted by atomic mass is 35.5. The molecule has 2 aliphatic heterocycles. The van der Waals surface area contributed by atoms with Crippen molar-refractivity contribution in [2.75, 3.05) is 25.9 Å². The first-order chi connectivity index (χ1) is 9.69. The van der Waals surface area contributed by atoms with E-state index in [2.05, 4.69) is 5.32 Å². The van der Waals surface area contributed by atoms with Crippen molar-refractivity contribution in [1.82, 2.24) is 10.2 Å². The molecule has 2 unspecified atom stereocenters. The second-order valence-corrected chi connectivity index (χ2v) is 6.78. The summed E-state index contributed by atoms with van der Waals surface area (Å²) in [7, 11) is 0. The lowest BCUT2D eigenvalue weighted by molar-refractivity contribution is 0.0662. The highest BCUT2D eigenvalue weighted by molar-refractivity contribution is 7.98. The summed E-state index contributed by atoms with van der Waals surface area (Å²) in [5, 5.41) is 4.08. The molecule has 21 heavy (non-hydrogen) atoms. The summed E-state index contributed by atoms with van der Waals surface area (Å²) in [4.78, 5) is 15.7. The van der Waals surface area contributed by atoms with Crippen molar-refractivity contribution in [1.29, 1.82) is 0 Å². The van der Waals surface area contributed by atoms with E-state index in [4.69, 9.17) is 11.6 Å². The molecule has 0 saturated carbocycles. The summed E-state index contributed by atoms with van der Waals surface area (Å²) >= 11 is 7.84. The van der Waals surface area contributed by atoms with Gasteiger partial charge in [0.1, 0.15) is 0 Å². The molecular weight excluding hydrogens is 327 g/mol. The molecule has 0 aliphatic carbocycles. The molecule has 116 valence electrons. The lowest BCUT2D eigenvalue weighted by Crippen LogP contribution is -2.46. The van der Waals surface area contributed by atoms with Crippen LogP contribution in [0.1, 0.15) is 23.2 Å². The van der Waals surface area contributed by atoms with Crippen molar-refractivity contribution in [3.8, 4) is 0 Å². The molecule has 6 heteroatoms. The van der Waals surface area contributed by atoms with Crippen LogP contribution in [0.5, 0.6) is 0 Å². The molecule has 0 bridgehead atoms. The minimum absolute atomic E-state index is 0. The number of likely N-dealkylation sites (tertiary alicyclic amines) is 1. The third-order valence-corrected chi connectivity index (χ3v) is 5.40. The van der Waals surface area contributed by atoms with Crippen LogP contribution >= 0.6 is 35.8 Å². The molecular formula is C15H20Cl2N2OS. The summed E-state index contributed by atoms with van der Waals surface area (Å²) in [5.41, 5.74) is 0.642. The van der Waals surface area contributed by atoms with Gasteiger partial charge in [-0.05, 0) is 49.8 Å². The zero-order valence-corrected chi connectivity index (χ0v) is 14.4. The number of rotatable bonds is 2. The summed E-state index contributed by atoms with van der Waals surface area (Å²) in [6, 6.07) is 6.29. The average Bonchev–Trinajstić information content (AvgIpc) is 2.94. The molecule has 2 saturated heterocycles. The third-order valence-electron chi connectivity index (χ3n) is 4.35. The SMILES string of the molecule is CSc1ccc(Cl)c(C(=O)N2CCC3NCCC3C2)c1.Cl. The van der Waals surface area contributed by atoms with E-state index in [1.165, 1.54) is 6.42 Å². The molecule has 0 aromatic heterocycles. The van der Waals surface area contributed by atoms with Gasteiger partial charge in [-0.2, -0.15) is 0 Å². The first kappa shape index (κ1) is 16.9. The zero-order chi connectivity index (χ0) is 14.1. The van der Waals surface area contributed by atoms with Crippen molar-refractivity contribution in [2.24, 2.45) is 5.92 Å². The highest BCUT2D eigenvalue weighted by Gasteiger charge is 2.34. The van der Waals surface area contributed by atoms with Crippen molar-refractivity contribution in [3.63, 3.8) is 0 Å². The number of benzene rings is 1. The molecule has 2 heterocycles. The van der Waals surface area contributed by atoms with Crippen LogP contribution in [0, 0.1) is 5.92 Å². The van der Waals surface area contributed by atoms with Crippen LogP contribution in [0.3, 0.4) is 0 Å². The highest BCUT2D eigenvalue weighted by Crippen LogP contribution is 2.28. The van der Waals surface area contributed by atoms with Gasteiger partial charge in [-0.1, -0.05) is 11.6 Å². The number of fused-ring (bicyclic) bond motifs is 1. The predicted octanol–water partition coefficient (Wildman–Crippen LogP) is 3.31. The fourth-order valence-corrected chi connectivity index (χ4v) is 3.84. The largest absolute Gasteiger partial charge is 0.338 e. The standard InChI is InChI=1S/C15H19ClN2OS.ClH/c1-20-11-2-3-13(16)12(8-11)15(19)18-7-5-14-10(9-18)4-6-17-14;/h2-3,8,10,14,17H,4-7,9H2,1H3;1H. The first-order valence-electron chi connectivity index (χ1n) is 7.05. The van der Waals surface area contributed by atoms with Gasteiger partial charge in [-0.3, -0.25) is 4.79 Å². The fourth-order valence-electron chi connectivity index (χ4n) is 3.20. The van der Waals surface area contributed by atoms with E-state index in [9.17, 15) is 4.79 Å². The number of amides is 1. The van der Waals surface area contributed by atoms with E-state index < -0.39 is 0 Å². The number of hydrogen-bond donors (Lipinski definition) is 1. The number of nitrogens with one attached hydrogen (secondary N) is 1. The van der Waals surface area contributed by atoms with Gasteiger partial charge in [-0.15, -0.1) is 24.2 Å². The molecule has 1 amide bonds. The molecule has 3 nitrogen and oxygen atoms in total. The molecule has 1 N–H and O–H groups in total. The van der Waals surface area contributed by atoms with Gasteiger partial charge >= 0.3 is 0 Å². The Morgan fingerprint density at radius 2 is 2.24 bits per heavy atom. The monoisotopic (exact) mass is 346 g/mol. The van der Waals surface area contributed by atoms with Crippen LogP contribution in [0.25, 0.3) is 0 Å². The molecule has 3 rings (SSSR count). The summed E-state index contributed by atoms with van der Waals surface area (Å²) in [6.07, 6.45) is 4.23. The third kappa shape index (κ3) is 3.50. The van der Waals surface area contributed by atoms with Gasteiger partial charge in [0.15, 0.2) is 0 Å². The van der Waals surface area contributed by atoms with E-state index in [0.717, 1.165) is 31.0 Å². The number of halogens is 2. The first-order valence-corrected chi connectivity index (χ1v) is 8.65. The second-order valence-electron chi connectivity index (χ2n) is 5.49. The molecule has 2 fully saturated rings. The molecule has 0 radical (unpaired) electrons. The Kier molecular flexibility index (Phi) is 5.83. The van der Waals surface area contributed by atoms with E-state index in [1.807, 2.05) is 29.4 Å². The van der Waals surface area contributed by atoms with Crippen LogP contribution in [-0.4, -0.2) is 42.7 Å². The number of carbonyl (C=O) groups is 1. The Balaban J connectivity index is 0.00000161. The maximum atomic E-state index is 12.7. The van der Waals surface area contributed by atoms with E-state index in [0.29, 0.717) is 22.5 Å². The maximum Gasteiger partial charge on any atom is 0.255 e. The lowest BCUT2D eigenvalue weighted by Gasteiger charge is -2.35. The Bertz CT molecular complexity index is 526. The van der Waals surface area contributed by atoms with Crippen molar-refractivity contribution < 1.29 is 4.79 Å². The van der Waals surface area contributed by atoms with Crippen molar-refractivity contribution in [2.45, 2.75) is 23.8 Å². The van der Waals surface area contributed by atoms with E-state index in [1.54, 1.807) is 11.8 Å². The molecule has 0 spiro atoms. The van der Waals surface area contributed by atoms with Gasteiger partial charge in [0.05, 0.1) is 10.6 Å². The summed E-state index contributed by atoms with van der Waals surface area (Å²) in [6.45, 7) is 2.77. The minimum Gasteiger partial charge on any atom is -0.338 e. The predicted molar refractivity (Wildman–Crippen MR) is 90.9 cm³/mol. The summed E-state index contributed by atoms with van der Waals surface area (Å²) < 4.78 is 0. The topological polar surface area (TPSA) is 32.3 Å². The van der Waals surface area contributed by atoms with Crippen LogP contribution in [0.2, 0.25) is 5.02 Å². The fraction of sp³-hybridized carbons (Fsp3) is 0.533. The summed E-state index contributed by atoms with van der Waals surface area (Å²) in [5.74, 6) is 0.687. The van der Waals surface area contributed by atoms with Crippen LogP contribution in [0.4, 0.5) is 0 Å². The number of piperidine rings is 1.